The van der Waals surface area contributed by atoms with Crippen LogP contribution in [0.1, 0.15) is 28.7 Å². The van der Waals surface area contributed by atoms with E-state index in [2.05, 4.69) is 146 Å². The van der Waals surface area contributed by atoms with Gasteiger partial charge in [0.2, 0.25) is 0 Å². The third-order valence-electron chi connectivity index (χ3n) is 10.3. The minimum atomic E-state index is 0.591. The van der Waals surface area contributed by atoms with Crippen LogP contribution in [-0.2, 0) is 12.8 Å². The molecule has 2 heterocycles. The van der Waals surface area contributed by atoms with E-state index >= 15 is 0 Å². The molecule has 0 spiro atoms. The van der Waals surface area contributed by atoms with Gasteiger partial charge in [0.1, 0.15) is 12.4 Å². The number of allylic oxidation sites excluding steroid dienone is 4. The molecule has 1 aromatic heterocycles. The van der Waals surface area contributed by atoms with Crippen molar-refractivity contribution in [1.29, 1.82) is 0 Å². The summed E-state index contributed by atoms with van der Waals surface area (Å²) in [6.07, 6.45) is 13.9. The molecule has 0 bridgehead atoms. The van der Waals surface area contributed by atoms with Crippen LogP contribution >= 0.6 is 11.3 Å². The van der Waals surface area contributed by atoms with Crippen LogP contribution in [-0.4, -0.2) is 6.61 Å². The molecule has 0 amide bonds. The fourth-order valence-electron chi connectivity index (χ4n) is 7.97. The Bertz CT molecular complexity index is 2650. The molecule has 1 aliphatic carbocycles. The van der Waals surface area contributed by atoms with E-state index in [4.69, 9.17) is 4.74 Å². The normalized spacial score (nSPS) is 15.8. The highest BCUT2D eigenvalue weighted by Gasteiger charge is 2.18. The van der Waals surface area contributed by atoms with E-state index in [0.29, 0.717) is 6.61 Å². The first kappa shape index (κ1) is 27.7. The molecule has 8 aromatic rings. The fourth-order valence-corrected chi connectivity index (χ4v) is 9.24. The molecule has 7 aromatic carbocycles. The Balaban J connectivity index is 1.07. The number of benzene rings is 7. The van der Waals surface area contributed by atoms with E-state index in [1.54, 1.807) is 0 Å². The molecule has 2 aliphatic rings. The number of hydrogen-bond acceptors (Lipinski definition) is 2. The van der Waals surface area contributed by atoms with Crippen LogP contribution in [0.15, 0.2) is 140 Å². The lowest BCUT2D eigenvalue weighted by Gasteiger charge is -2.19. The molecule has 1 nitrogen and oxygen atoms in total. The van der Waals surface area contributed by atoms with Crippen molar-refractivity contribution in [1.82, 2.24) is 0 Å². The minimum Gasteiger partial charge on any atom is -0.489 e. The summed E-state index contributed by atoms with van der Waals surface area (Å²) >= 11 is 1.91. The van der Waals surface area contributed by atoms with E-state index in [1.165, 1.54) is 91.4 Å². The zero-order valence-corrected chi connectivity index (χ0v) is 27.3. The van der Waals surface area contributed by atoms with Crippen molar-refractivity contribution in [3.8, 4) is 16.9 Å². The summed E-state index contributed by atoms with van der Waals surface area (Å²) in [4.78, 5) is 0. The topological polar surface area (TPSA) is 9.23 Å². The summed E-state index contributed by atoms with van der Waals surface area (Å²) in [6, 6.07) is 43.1. The molecular formula is C46H32OS. The first-order valence-corrected chi connectivity index (χ1v) is 17.7. The highest BCUT2D eigenvalue weighted by atomic mass is 32.1. The van der Waals surface area contributed by atoms with E-state index in [1.807, 2.05) is 11.3 Å². The third-order valence-corrected chi connectivity index (χ3v) is 11.5. The van der Waals surface area contributed by atoms with Crippen LogP contribution in [0.4, 0.5) is 0 Å². The number of thiophene rings is 1. The highest BCUT2D eigenvalue weighted by molar-refractivity contribution is 7.26. The fraction of sp³-hybridized carbons (Fsp3) is 0.0870. The first-order valence-electron chi connectivity index (χ1n) is 16.9. The van der Waals surface area contributed by atoms with Gasteiger partial charge in [-0.05, 0) is 110 Å². The number of hydrogen-bond donors (Lipinski definition) is 0. The lowest BCUT2D eigenvalue weighted by atomic mass is 9.85. The predicted octanol–water partition coefficient (Wildman–Crippen LogP) is 12.7. The SMILES string of the molecule is C1=C(c2ccc3sc4c(ccc5ccc6c(c54)C/C=C\C=C/CO6)c3c2)CCc2cc(-c3c4ccccc4cc4ccccc34)ccc21. The molecule has 0 saturated heterocycles. The average molecular weight is 633 g/mol. The van der Waals surface area contributed by atoms with Gasteiger partial charge in [0.05, 0.1) is 0 Å². The van der Waals surface area contributed by atoms with Gasteiger partial charge in [0, 0.05) is 31.1 Å². The van der Waals surface area contributed by atoms with Crippen molar-refractivity contribution in [3.63, 3.8) is 0 Å². The first-order chi connectivity index (χ1) is 23.8. The van der Waals surface area contributed by atoms with Gasteiger partial charge in [-0.3, -0.25) is 0 Å². The second kappa shape index (κ2) is 11.1. The van der Waals surface area contributed by atoms with Gasteiger partial charge in [-0.15, -0.1) is 11.3 Å². The quantitative estimate of drug-likeness (QED) is 0.172. The molecule has 48 heavy (non-hydrogen) atoms. The van der Waals surface area contributed by atoms with Crippen molar-refractivity contribution in [2.75, 3.05) is 6.61 Å². The Labute approximate surface area is 283 Å². The molecular weight excluding hydrogens is 601 g/mol. The lowest BCUT2D eigenvalue weighted by molar-refractivity contribution is 0.360. The third kappa shape index (κ3) is 4.44. The maximum absolute atomic E-state index is 6.21. The highest BCUT2D eigenvalue weighted by Crippen LogP contribution is 2.44. The van der Waals surface area contributed by atoms with Crippen LogP contribution in [0.25, 0.3) is 75.3 Å². The molecule has 0 unspecified atom stereocenters. The van der Waals surface area contributed by atoms with Crippen molar-refractivity contribution < 1.29 is 4.74 Å². The van der Waals surface area contributed by atoms with E-state index < -0.39 is 0 Å². The number of fused-ring (bicyclic) bond motifs is 10. The second-order valence-electron chi connectivity index (χ2n) is 13.0. The van der Waals surface area contributed by atoms with Gasteiger partial charge >= 0.3 is 0 Å². The van der Waals surface area contributed by atoms with Gasteiger partial charge in [-0.2, -0.15) is 0 Å². The number of aryl methyl sites for hydroxylation is 1. The van der Waals surface area contributed by atoms with Gasteiger partial charge in [-0.1, -0.05) is 115 Å². The lowest BCUT2D eigenvalue weighted by Crippen LogP contribution is -2.00. The van der Waals surface area contributed by atoms with Crippen LogP contribution in [0, 0.1) is 0 Å². The largest absolute Gasteiger partial charge is 0.489 e. The molecule has 0 radical (unpaired) electrons. The Kier molecular flexibility index (Phi) is 6.38. The molecule has 2 heteroatoms. The second-order valence-corrected chi connectivity index (χ2v) is 14.1. The average Bonchev–Trinajstić information content (AvgIpc) is 3.56. The van der Waals surface area contributed by atoms with Crippen molar-refractivity contribution in [2.24, 2.45) is 0 Å². The maximum atomic E-state index is 6.21. The molecule has 10 rings (SSSR count). The van der Waals surface area contributed by atoms with Crippen LogP contribution in [0.5, 0.6) is 5.75 Å². The van der Waals surface area contributed by atoms with Gasteiger partial charge < -0.3 is 4.74 Å². The molecule has 0 saturated carbocycles. The van der Waals surface area contributed by atoms with Crippen molar-refractivity contribution in [3.05, 3.63) is 162 Å². The molecule has 0 atom stereocenters. The zero-order valence-electron chi connectivity index (χ0n) is 26.5. The van der Waals surface area contributed by atoms with Crippen LogP contribution < -0.4 is 4.74 Å². The molecule has 0 fully saturated rings. The van der Waals surface area contributed by atoms with Crippen LogP contribution in [0.2, 0.25) is 0 Å². The summed E-state index contributed by atoms with van der Waals surface area (Å²) in [6.45, 7) is 0.591. The van der Waals surface area contributed by atoms with Crippen molar-refractivity contribution >= 4 is 75.5 Å². The number of rotatable bonds is 2. The Hall–Kier alpha value is -5.44. The Morgan fingerprint density at radius 3 is 2.25 bits per heavy atom. The molecule has 228 valence electrons. The summed E-state index contributed by atoms with van der Waals surface area (Å²) in [5, 5.41) is 10.5. The standard InChI is InChI=1S/C46H32OS/c1-2-8-24-47-42-22-19-29-18-21-39-41-28-33(20-23-43(41)48-46(39)45(29)40(42)13-3-1)31-14-15-32-26-36(17-16-30(32)25-31)44-37-11-6-4-9-34(37)27-35-10-5-7-12-38(35)44/h1-12,16-23,25-28H,13-15,24H2/b3-1-,8-2-. The van der Waals surface area contributed by atoms with Gasteiger partial charge in [-0.25, -0.2) is 0 Å². The molecule has 0 N–H and O–H groups in total. The summed E-state index contributed by atoms with van der Waals surface area (Å²) < 4.78 is 8.90. The van der Waals surface area contributed by atoms with Crippen LogP contribution in [0.3, 0.4) is 0 Å². The number of ether oxygens (including phenoxy) is 1. The smallest absolute Gasteiger partial charge is 0.123 e. The minimum absolute atomic E-state index is 0.591. The van der Waals surface area contributed by atoms with E-state index in [9.17, 15) is 0 Å². The summed E-state index contributed by atoms with van der Waals surface area (Å²) in [7, 11) is 0. The predicted molar refractivity (Wildman–Crippen MR) is 207 cm³/mol. The van der Waals surface area contributed by atoms with Gasteiger partial charge in [0.25, 0.3) is 0 Å². The maximum Gasteiger partial charge on any atom is 0.123 e. The summed E-state index contributed by atoms with van der Waals surface area (Å²) in [5.74, 6) is 0.993. The monoisotopic (exact) mass is 632 g/mol. The van der Waals surface area contributed by atoms with Gasteiger partial charge in [0.15, 0.2) is 0 Å². The Morgan fingerprint density at radius 2 is 1.38 bits per heavy atom. The molecule has 1 aliphatic heterocycles. The summed E-state index contributed by atoms with van der Waals surface area (Å²) in [5.41, 5.74) is 9.44. The zero-order chi connectivity index (χ0) is 31.6. The van der Waals surface area contributed by atoms with E-state index in [0.717, 1.165) is 25.0 Å². The Morgan fingerprint density at radius 1 is 0.583 bits per heavy atom. The van der Waals surface area contributed by atoms with E-state index in [-0.39, 0.29) is 0 Å². The van der Waals surface area contributed by atoms with Crippen molar-refractivity contribution in [2.45, 2.75) is 19.3 Å².